The largest absolute Gasteiger partial charge is 0.390 e. The van der Waals surface area contributed by atoms with Gasteiger partial charge in [-0.15, -0.1) is 0 Å². The average Bonchev–Trinajstić information content (AvgIpc) is 2.62. The lowest BCUT2D eigenvalue weighted by molar-refractivity contribution is -0.120. The lowest BCUT2D eigenvalue weighted by Crippen LogP contribution is -2.40. The predicted molar refractivity (Wildman–Crippen MR) is 108 cm³/mol. The first-order valence-corrected chi connectivity index (χ1v) is 10.0. The van der Waals surface area contributed by atoms with E-state index in [1.54, 1.807) is 0 Å². The third-order valence-electron chi connectivity index (χ3n) is 5.34. The topological polar surface area (TPSA) is 85.1 Å². The molecule has 0 unspecified atom stereocenters. The van der Waals surface area contributed by atoms with E-state index in [1.807, 2.05) is 51.1 Å². The molecule has 0 spiro atoms. The molecular weight excluding hydrogens is 354 g/mol. The van der Waals surface area contributed by atoms with Crippen molar-refractivity contribution in [2.24, 2.45) is 5.92 Å². The van der Waals surface area contributed by atoms with Crippen molar-refractivity contribution < 1.29 is 9.90 Å². The second-order valence-corrected chi connectivity index (χ2v) is 8.51. The fraction of sp³-hybridized carbons (Fsp3) is 0.545. The molecule has 1 heterocycles. The van der Waals surface area contributed by atoms with Crippen LogP contribution in [0.4, 0.5) is 0 Å². The molecule has 0 aliphatic heterocycles. The fourth-order valence-electron chi connectivity index (χ4n) is 3.95. The Kier molecular flexibility index (Phi) is 6.08. The van der Waals surface area contributed by atoms with Crippen LogP contribution in [0.1, 0.15) is 64.5 Å². The van der Waals surface area contributed by atoms with Crippen molar-refractivity contribution >= 4 is 5.78 Å². The van der Waals surface area contributed by atoms with E-state index in [1.165, 1.54) is 4.68 Å². The summed E-state index contributed by atoms with van der Waals surface area (Å²) in [6.07, 6.45) is 3.76. The minimum Gasteiger partial charge on any atom is -0.390 e. The van der Waals surface area contributed by atoms with Crippen LogP contribution >= 0.6 is 0 Å². The van der Waals surface area contributed by atoms with Gasteiger partial charge in [-0.3, -0.25) is 4.79 Å². The van der Waals surface area contributed by atoms with Gasteiger partial charge in [-0.25, -0.2) is 9.48 Å². The summed E-state index contributed by atoms with van der Waals surface area (Å²) in [6, 6.07) is 9.52. The molecule has 0 atom stereocenters. The van der Waals surface area contributed by atoms with Gasteiger partial charge in [0.2, 0.25) is 0 Å². The minimum atomic E-state index is -0.522. The molecule has 6 nitrogen and oxygen atoms in total. The number of carbonyl (C=O) groups excluding carboxylic acids is 1. The molecule has 150 valence electrons. The number of hydrogen-bond acceptors (Lipinski definition) is 5. The molecule has 1 aromatic carbocycles. The summed E-state index contributed by atoms with van der Waals surface area (Å²) in [7, 11) is 0. The lowest BCUT2D eigenvalue weighted by atomic mass is 9.70. The Labute approximate surface area is 165 Å². The van der Waals surface area contributed by atoms with Crippen LogP contribution in [0.2, 0.25) is 0 Å². The van der Waals surface area contributed by atoms with Gasteiger partial charge in [0.1, 0.15) is 6.54 Å². The molecule has 3 rings (SSSR count). The van der Waals surface area contributed by atoms with E-state index in [0.717, 1.165) is 36.9 Å². The van der Waals surface area contributed by atoms with Gasteiger partial charge in [0.15, 0.2) is 5.78 Å². The molecule has 6 heteroatoms. The van der Waals surface area contributed by atoms with Gasteiger partial charge in [0.25, 0.3) is 0 Å². The summed E-state index contributed by atoms with van der Waals surface area (Å²) in [5.41, 5.74) is 1.14. The van der Waals surface area contributed by atoms with E-state index in [0.29, 0.717) is 18.0 Å². The number of ketones is 1. The number of benzene rings is 1. The number of rotatable bonds is 8. The zero-order chi connectivity index (χ0) is 20.3. The fourth-order valence-corrected chi connectivity index (χ4v) is 3.95. The number of aliphatic hydroxyl groups is 1. The van der Waals surface area contributed by atoms with Crippen LogP contribution in [0.5, 0.6) is 0 Å². The van der Waals surface area contributed by atoms with Gasteiger partial charge in [-0.05, 0) is 44.4 Å². The van der Waals surface area contributed by atoms with E-state index in [4.69, 9.17) is 0 Å². The van der Waals surface area contributed by atoms with E-state index in [9.17, 15) is 14.7 Å². The van der Waals surface area contributed by atoms with Gasteiger partial charge < -0.3 is 5.11 Å². The smallest absolute Gasteiger partial charge is 0.364 e. The highest BCUT2D eigenvalue weighted by Gasteiger charge is 2.37. The standard InChI is InChI=1S/C22H29N3O3/c1-15(2)19-20(17-9-5-4-6-10-17)23-21(27)25(24-19)14-18(26)11-7-8-16-12-22(3,28)13-16/h4-6,9-10,15-16,28H,7-8,11-14H2,1-3H3/t16-,22+. The van der Waals surface area contributed by atoms with Crippen LogP contribution in [0.15, 0.2) is 35.1 Å². The summed E-state index contributed by atoms with van der Waals surface area (Å²) >= 11 is 0. The quantitative estimate of drug-likeness (QED) is 0.756. The Morgan fingerprint density at radius 3 is 2.57 bits per heavy atom. The molecule has 1 fully saturated rings. The van der Waals surface area contributed by atoms with E-state index in [-0.39, 0.29) is 18.2 Å². The number of carbonyl (C=O) groups is 1. The number of hydrogen-bond donors (Lipinski definition) is 1. The maximum absolute atomic E-state index is 12.4. The zero-order valence-electron chi connectivity index (χ0n) is 16.9. The van der Waals surface area contributed by atoms with Crippen molar-refractivity contribution in [3.8, 4) is 11.3 Å². The summed E-state index contributed by atoms with van der Waals surface area (Å²) in [4.78, 5) is 29.0. The Hall–Kier alpha value is -2.34. The first kappa shape index (κ1) is 20.4. The van der Waals surface area contributed by atoms with Gasteiger partial charge >= 0.3 is 5.69 Å². The van der Waals surface area contributed by atoms with Crippen molar-refractivity contribution in [3.63, 3.8) is 0 Å². The molecule has 0 amide bonds. The summed E-state index contributed by atoms with van der Waals surface area (Å²) < 4.78 is 1.19. The molecule has 1 saturated carbocycles. The highest BCUT2D eigenvalue weighted by Crippen LogP contribution is 2.40. The maximum Gasteiger partial charge on any atom is 0.364 e. The van der Waals surface area contributed by atoms with Gasteiger partial charge in [-0.2, -0.15) is 10.1 Å². The third-order valence-corrected chi connectivity index (χ3v) is 5.34. The predicted octanol–water partition coefficient (Wildman–Crippen LogP) is 3.33. The highest BCUT2D eigenvalue weighted by molar-refractivity contribution is 5.78. The van der Waals surface area contributed by atoms with Gasteiger partial charge in [-0.1, -0.05) is 44.2 Å². The molecule has 1 N–H and O–H groups in total. The van der Waals surface area contributed by atoms with Crippen LogP contribution in [0.3, 0.4) is 0 Å². The van der Waals surface area contributed by atoms with E-state index < -0.39 is 11.3 Å². The lowest BCUT2D eigenvalue weighted by Gasteiger charge is -2.41. The first-order valence-electron chi connectivity index (χ1n) is 10.0. The molecule has 1 aliphatic carbocycles. The monoisotopic (exact) mass is 383 g/mol. The van der Waals surface area contributed by atoms with Crippen molar-refractivity contribution in [1.29, 1.82) is 0 Å². The summed E-state index contributed by atoms with van der Waals surface area (Å²) in [5, 5.41) is 14.2. The number of nitrogens with zero attached hydrogens (tertiary/aromatic N) is 3. The molecular formula is C22H29N3O3. The average molecular weight is 383 g/mol. The summed E-state index contributed by atoms with van der Waals surface area (Å²) in [6.45, 7) is 5.81. The molecule has 1 aromatic heterocycles. The van der Waals surface area contributed by atoms with Crippen molar-refractivity contribution in [1.82, 2.24) is 14.8 Å². The summed E-state index contributed by atoms with van der Waals surface area (Å²) in [5.74, 6) is 0.573. The molecule has 0 saturated heterocycles. The Bertz CT molecular complexity index is 880. The number of Topliss-reactive ketones (excluding diaryl/α,β-unsaturated/α-hetero) is 1. The second kappa shape index (κ2) is 8.35. The maximum atomic E-state index is 12.4. The van der Waals surface area contributed by atoms with Gasteiger partial charge in [0.05, 0.1) is 17.0 Å². The van der Waals surface area contributed by atoms with E-state index >= 15 is 0 Å². The van der Waals surface area contributed by atoms with Crippen molar-refractivity contribution in [3.05, 3.63) is 46.5 Å². The molecule has 0 bridgehead atoms. The van der Waals surface area contributed by atoms with E-state index in [2.05, 4.69) is 10.1 Å². The third kappa shape index (κ3) is 4.93. The normalized spacial score (nSPS) is 21.5. The van der Waals surface area contributed by atoms with Crippen molar-refractivity contribution in [2.75, 3.05) is 0 Å². The molecule has 2 aromatic rings. The SMILES string of the molecule is CC(C)c1nn(CC(=O)CCC[C@H]2C[C@@](C)(O)C2)c(=O)nc1-c1ccccc1. The van der Waals surface area contributed by atoms with Gasteiger partial charge in [0, 0.05) is 12.0 Å². The zero-order valence-corrected chi connectivity index (χ0v) is 16.9. The first-order chi connectivity index (χ1) is 13.2. The van der Waals surface area contributed by atoms with Crippen LogP contribution in [-0.4, -0.2) is 31.3 Å². The van der Waals surface area contributed by atoms with Crippen LogP contribution in [0, 0.1) is 5.92 Å². The Morgan fingerprint density at radius 1 is 1.29 bits per heavy atom. The number of aromatic nitrogens is 3. The van der Waals surface area contributed by atoms with Crippen LogP contribution < -0.4 is 5.69 Å². The second-order valence-electron chi connectivity index (χ2n) is 8.51. The van der Waals surface area contributed by atoms with Crippen molar-refractivity contribution in [2.45, 2.75) is 70.9 Å². The molecule has 1 aliphatic rings. The highest BCUT2D eigenvalue weighted by atomic mass is 16.3. The Balaban J connectivity index is 1.66. The minimum absolute atomic E-state index is 0.00958. The molecule has 0 radical (unpaired) electrons. The van der Waals surface area contributed by atoms with Crippen LogP contribution in [-0.2, 0) is 11.3 Å². The molecule has 28 heavy (non-hydrogen) atoms. The van der Waals surface area contributed by atoms with Crippen LogP contribution in [0.25, 0.3) is 11.3 Å². The Morgan fingerprint density at radius 2 is 1.96 bits per heavy atom.